The number of nitrogen functional groups attached to an aromatic ring is 1. The van der Waals surface area contributed by atoms with Gasteiger partial charge >= 0.3 is 0 Å². The van der Waals surface area contributed by atoms with Gasteiger partial charge in [0.25, 0.3) is 0 Å². The van der Waals surface area contributed by atoms with Crippen LogP contribution in [0.25, 0.3) is 10.9 Å². The Bertz CT molecular complexity index is 718. The number of hydrogen-bond acceptors (Lipinski definition) is 4. The standard InChI is InChI=1S/C13H17N3O2S2/c14-9-1-2-11-12(7-9)15-8-13(11)20(17,18)16-10-3-5-19-6-4-10/h1-2,7-8,10,15-16H,3-6,14H2. The second-order valence-electron chi connectivity index (χ2n) is 4.97. The first-order valence-corrected chi connectivity index (χ1v) is 9.17. The average molecular weight is 311 g/mol. The molecule has 7 heteroatoms. The molecule has 2 aromatic rings. The third-order valence-corrected chi connectivity index (χ3v) is 6.11. The van der Waals surface area contributed by atoms with Crippen molar-refractivity contribution in [3.63, 3.8) is 0 Å². The van der Waals surface area contributed by atoms with Gasteiger partial charge in [-0.3, -0.25) is 0 Å². The van der Waals surface area contributed by atoms with Gasteiger partial charge in [0.15, 0.2) is 0 Å². The van der Waals surface area contributed by atoms with Crippen LogP contribution in [0.5, 0.6) is 0 Å². The van der Waals surface area contributed by atoms with Gasteiger partial charge in [0.1, 0.15) is 4.90 Å². The molecule has 0 bridgehead atoms. The number of nitrogens with one attached hydrogen (secondary N) is 2. The monoisotopic (exact) mass is 311 g/mol. The first kappa shape index (κ1) is 13.8. The van der Waals surface area contributed by atoms with E-state index in [0.29, 0.717) is 16.0 Å². The van der Waals surface area contributed by atoms with E-state index in [9.17, 15) is 8.42 Å². The lowest BCUT2D eigenvalue weighted by atomic mass is 10.2. The third-order valence-electron chi connectivity index (χ3n) is 3.50. The smallest absolute Gasteiger partial charge is 0.242 e. The molecule has 0 amide bonds. The molecule has 1 fully saturated rings. The molecule has 1 saturated heterocycles. The number of anilines is 1. The van der Waals surface area contributed by atoms with Crippen LogP contribution in [0.3, 0.4) is 0 Å². The van der Waals surface area contributed by atoms with Crippen LogP contribution >= 0.6 is 11.8 Å². The lowest BCUT2D eigenvalue weighted by Crippen LogP contribution is -2.37. The minimum Gasteiger partial charge on any atom is -0.399 e. The number of benzene rings is 1. The Hall–Kier alpha value is -1.18. The first-order valence-electron chi connectivity index (χ1n) is 6.53. The summed E-state index contributed by atoms with van der Waals surface area (Å²) >= 11 is 1.87. The maximum atomic E-state index is 12.5. The molecule has 0 saturated carbocycles. The maximum absolute atomic E-state index is 12.5. The van der Waals surface area contributed by atoms with Gasteiger partial charge in [0.05, 0.1) is 0 Å². The second-order valence-corrected chi connectivity index (χ2v) is 7.87. The molecular formula is C13H17N3O2S2. The summed E-state index contributed by atoms with van der Waals surface area (Å²) < 4.78 is 27.8. The van der Waals surface area contributed by atoms with Crippen LogP contribution < -0.4 is 10.5 Å². The number of aromatic amines is 1. The summed E-state index contributed by atoms with van der Waals surface area (Å²) in [5.74, 6) is 2.02. The summed E-state index contributed by atoms with van der Waals surface area (Å²) in [7, 11) is -3.49. The van der Waals surface area contributed by atoms with E-state index in [1.165, 1.54) is 6.20 Å². The van der Waals surface area contributed by atoms with E-state index in [-0.39, 0.29) is 6.04 Å². The molecule has 0 spiro atoms. The summed E-state index contributed by atoms with van der Waals surface area (Å²) in [5.41, 5.74) is 7.06. The van der Waals surface area contributed by atoms with Crippen molar-refractivity contribution in [2.75, 3.05) is 17.2 Å². The lowest BCUT2D eigenvalue weighted by Gasteiger charge is -2.22. The summed E-state index contributed by atoms with van der Waals surface area (Å²) in [6, 6.07) is 5.24. The number of fused-ring (bicyclic) bond motifs is 1. The number of rotatable bonds is 3. The highest BCUT2D eigenvalue weighted by Crippen LogP contribution is 2.26. The largest absolute Gasteiger partial charge is 0.399 e. The van der Waals surface area contributed by atoms with Crippen molar-refractivity contribution < 1.29 is 8.42 Å². The predicted molar refractivity (Wildman–Crippen MR) is 83.4 cm³/mol. The molecule has 5 nitrogen and oxygen atoms in total. The van der Waals surface area contributed by atoms with E-state index < -0.39 is 10.0 Å². The quantitative estimate of drug-likeness (QED) is 0.756. The molecule has 0 atom stereocenters. The van der Waals surface area contributed by atoms with Gasteiger partial charge in [0, 0.05) is 28.8 Å². The second kappa shape index (κ2) is 5.31. The molecule has 0 radical (unpaired) electrons. The minimum absolute atomic E-state index is 0.0416. The zero-order valence-corrected chi connectivity index (χ0v) is 12.6. The lowest BCUT2D eigenvalue weighted by molar-refractivity contribution is 0.529. The Morgan fingerprint density at radius 2 is 2.05 bits per heavy atom. The third kappa shape index (κ3) is 2.65. The fourth-order valence-corrected chi connectivity index (χ4v) is 5.03. The fraction of sp³-hybridized carbons (Fsp3) is 0.385. The van der Waals surface area contributed by atoms with E-state index in [1.54, 1.807) is 18.2 Å². The van der Waals surface area contributed by atoms with E-state index in [1.807, 2.05) is 11.8 Å². The van der Waals surface area contributed by atoms with Gasteiger partial charge in [-0.15, -0.1) is 0 Å². The highest BCUT2D eigenvalue weighted by molar-refractivity contribution is 7.99. The number of aromatic nitrogens is 1. The highest BCUT2D eigenvalue weighted by atomic mass is 32.2. The molecule has 0 unspecified atom stereocenters. The number of hydrogen-bond donors (Lipinski definition) is 3. The van der Waals surface area contributed by atoms with Crippen LogP contribution in [0.4, 0.5) is 5.69 Å². The molecule has 0 aliphatic carbocycles. The van der Waals surface area contributed by atoms with Crippen LogP contribution in [0, 0.1) is 0 Å². The van der Waals surface area contributed by atoms with Gasteiger partial charge in [-0.1, -0.05) is 0 Å². The molecule has 1 aliphatic heterocycles. The molecule has 1 aromatic heterocycles. The number of sulfonamides is 1. The number of H-pyrrole nitrogens is 1. The maximum Gasteiger partial charge on any atom is 0.242 e. The van der Waals surface area contributed by atoms with E-state index in [2.05, 4.69) is 9.71 Å². The molecule has 20 heavy (non-hydrogen) atoms. The van der Waals surface area contributed by atoms with Crippen molar-refractivity contribution in [1.29, 1.82) is 0 Å². The molecule has 4 N–H and O–H groups in total. The fourth-order valence-electron chi connectivity index (χ4n) is 2.44. The summed E-state index contributed by atoms with van der Waals surface area (Å²) in [6.07, 6.45) is 3.31. The van der Waals surface area contributed by atoms with Crippen molar-refractivity contribution in [2.24, 2.45) is 0 Å². The van der Waals surface area contributed by atoms with Gasteiger partial charge in [-0.2, -0.15) is 11.8 Å². The Morgan fingerprint density at radius 3 is 2.80 bits per heavy atom. The van der Waals surface area contributed by atoms with Crippen molar-refractivity contribution in [2.45, 2.75) is 23.8 Å². The van der Waals surface area contributed by atoms with Crippen LogP contribution in [0.15, 0.2) is 29.3 Å². The Kier molecular flexibility index (Phi) is 3.66. The van der Waals surface area contributed by atoms with E-state index >= 15 is 0 Å². The summed E-state index contributed by atoms with van der Waals surface area (Å²) in [5, 5.41) is 0.678. The van der Waals surface area contributed by atoms with Gasteiger partial charge in [-0.05, 0) is 42.5 Å². The van der Waals surface area contributed by atoms with Crippen LogP contribution in [-0.2, 0) is 10.0 Å². The van der Waals surface area contributed by atoms with Crippen molar-refractivity contribution in [3.8, 4) is 0 Å². The highest BCUT2D eigenvalue weighted by Gasteiger charge is 2.24. The van der Waals surface area contributed by atoms with Crippen LogP contribution in [0.1, 0.15) is 12.8 Å². The summed E-state index contributed by atoms with van der Waals surface area (Å²) in [4.78, 5) is 3.27. The topological polar surface area (TPSA) is 88.0 Å². The number of thioether (sulfide) groups is 1. The van der Waals surface area contributed by atoms with Crippen molar-refractivity contribution in [1.82, 2.24) is 9.71 Å². The number of nitrogens with two attached hydrogens (primary N) is 1. The minimum atomic E-state index is -3.49. The molecule has 1 aliphatic rings. The van der Waals surface area contributed by atoms with Gasteiger partial charge in [-0.25, -0.2) is 13.1 Å². The Morgan fingerprint density at radius 1 is 1.30 bits per heavy atom. The van der Waals surface area contributed by atoms with E-state index in [0.717, 1.165) is 29.9 Å². The zero-order chi connectivity index (χ0) is 14.2. The normalized spacial score (nSPS) is 17.6. The molecular weight excluding hydrogens is 294 g/mol. The molecule has 2 heterocycles. The average Bonchev–Trinajstić information content (AvgIpc) is 2.83. The summed E-state index contributed by atoms with van der Waals surface area (Å²) in [6.45, 7) is 0. The Labute approximate surface area is 122 Å². The van der Waals surface area contributed by atoms with Crippen LogP contribution in [-0.4, -0.2) is 30.9 Å². The first-order chi connectivity index (χ1) is 9.56. The van der Waals surface area contributed by atoms with Gasteiger partial charge in [0.2, 0.25) is 10.0 Å². The SMILES string of the molecule is Nc1ccc2c(S(=O)(=O)NC3CCSCC3)c[nH]c2c1. The van der Waals surface area contributed by atoms with Gasteiger partial charge < -0.3 is 10.7 Å². The van der Waals surface area contributed by atoms with Crippen LogP contribution in [0.2, 0.25) is 0 Å². The molecule has 3 rings (SSSR count). The van der Waals surface area contributed by atoms with Crippen molar-refractivity contribution in [3.05, 3.63) is 24.4 Å². The van der Waals surface area contributed by atoms with E-state index in [4.69, 9.17) is 5.73 Å². The predicted octanol–water partition coefficient (Wildman–Crippen LogP) is 1.92. The van der Waals surface area contributed by atoms with Crippen molar-refractivity contribution >= 4 is 38.4 Å². The zero-order valence-electron chi connectivity index (χ0n) is 10.9. The Balaban J connectivity index is 1.92. The molecule has 1 aromatic carbocycles. The molecule has 108 valence electrons.